The summed E-state index contributed by atoms with van der Waals surface area (Å²) in [5.41, 5.74) is 3.16. The summed E-state index contributed by atoms with van der Waals surface area (Å²) in [6.45, 7) is 4.41. The molecule has 20 heavy (non-hydrogen) atoms. The minimum atomic E-state index is -0.0235. The highest BCUT2D eigenvalue weighted by molar-refractivity contribution is 9.10. The predicted molar refractivity (Wildman–Crippen MR) is 83.5 cm³/mol. The fourth-order valence-electron chi connectivity index (χ4n) is 1.95. The number of nitrogens with one attached hydrogen (secondary N) is 1. The number of pyridine rings is 1. The highest BCUT2D eigenvalue weighted by Crippen LogP contribution is 2.19. The monoisotopic (exact) mass is 333 g/mol. The van der Waals surface area contributed by atoms with Gasteiger partial charge in [0.05, 0.1) is 0 Å². The standard InChI is InChI=1S/C16H17BrN2O/c1-3-13-6-8-19(9-7-13)11-16(20)18-15-5-4-14(17)10-12(15)2/h4-10H,3,11H2,1-2H3/p+1. The molecule has 1 aromatic heterocycles. The van der Waals surface area contributed by atoms with Gasteiger partial charge in [0, 0.05) is 22.3 Å². The molecule has 3 nitrogen and oxygen atoms in total. The lowest BCUT2D eigenvalue weighted by Gasteiger charge is -2.07. The van der Waals surface area contributed by atoms with Gasteiger partial charge in [0.15, 0.2) is 12.4 Å². The molecule has 2 rings (SSSR count). The smallest absolute Gasteiger partial charge is 0.290 e. The third-order valence-electron chi connectivity index (χ3n) is 3.16. The lowest BCUT2D eigenvalue weighted by molar-refractivity contribution is -0.684. The topological polar surface area (TPSA) is 33.0 Å². The highest BCUT2D eigenvalue weighted by atomic mass is 79.9. The fraction of sp³-hybridized carbons (Fsp3) is 0.250. The number of anilines is 1. The molecular weight excluding hydrogens is 316 g/mol. The number of benzene rings is 1. The first kappa shape index (κ1) is 14.7. The number of aryl methyl sites for hydroxylation is 2. The SMILES string of the molecule is CCc1cc[n+](CC(=O)Nc2ccc(Br)cc2C)cc1. The molecule has 1 heterocycles. The Labute approximate surface area is 127 Å². The van der Waals surface area contributed by atoms with Gasteiger partial charge in [-0.05, 0) is 42.7 Å². The van der Waals surface area contributed by atoms with Gasteiger partial charge in [0.1, 0.15) is 0 Å². The number of carbonyl (C=O) groups excluding carboxylic acids is 1. The number of aromatic nitrogens is 1. The van der Waals surface area contributed by atoms with E-state index in [4.69, 9.17) is 0 Å². The van der Waals surface area contributed by atoms with Crippen LogP contribution >= 0.6 is 15.9 Å². The number of carbonyl (C=O) groups is 1. The van der Waals surface area contributed by atoms with Crippen LogP contribution < -0.4 is 9.88 Å². The summed E-state index contributed by atoms with van der Waals surface area (Å²) < 4.78 is 2.89. The first-order valence-corrected chi connectivity index (χ1v) is 7.41. The van der Waals surface area contributed by atoms with Crippen molar-refractivity contribution in [2.75, 3.05) is 5.32 Å². The summed E-state index contributed by atoms with van der Waals surface area (Å²) in [6.07, 6.45) is 4.88. The van der Waals surface area contributed by atoms with Gasteiger partial charge in [-0.2, -0.15) is 4.57 Å². The molecule has 2 aromatic rings. The molecule has 104 valence electrons. The molecule has 0 unspecified atom stereocenters. The van der Waals surface area contributed by atoms with Crippen LogP contribution in [0.4, 0.5) is 5.69 Å². The van der Waals surface area contributed by atoms with Gasteiger partial charge >= 0.3 is 0 Å². The Bertz CT molecular complexity index is 608. The van der Waals surface area contributed by atoms with Gasteiger partial charge in [-0.1, -0.05) is 22.9 Å². The molecule has 0 fully saturated rings. The Hall–Kier alpha value is -1.68. The summed E-state index contributed by atoms with van der Waals surface area (Å²) in [4.78, 5) is 12.0. The summed E-state index contributed by atoms with van der Waals surface area (Å²) in [7, 11) is 0. The van der Waals surface area contributed by atoms with Gasteiger partial charge in [-0.25, -0.2) is 0 Å². The average molecular weight is 334 g/mol. The maximum absolute atomic E-state index is 12.0. The molecule has 0 atom stereocenters. The van der Waals surface area contributed by atoms with Crippen LogP contribution in [0.5, 0.6) is 0 Å². The molecule has 1 aromatic carbocycles. The molecule has 0 saturated heterocycles. The van der Waals surface area contributed by atoms with E-state index in [9.17, 15) is 4.79 Å². The quantitative estimate of drug-likeness (QED) is 0.856. The van der Waals surface area contributed by atoms with Gasteiger partial charge < -0.3 is 5.32 Å². The molecule has 0 aliphatic heterocycles. The summed E-state index contributed by atoms with van der Waals surface area (Å²) >= 11 is 3.41. The van der Waals surface area contributed by atoms with E-state index in [1.54, 1.807) is 0 Å². The summed E-state index contributed by atoms with van der Waals surface area (Å²) in [6, 6.07) is 9.89. The van der Waals surface area contributed by atoms with Crippen LogP contribution in [-0.4, -0.2) is 5.91 Å². The molecule has 1 N–H and O–H groups in total. The van der Waals surface area contributed by atoms with E-state index < -0.39 is 0 Å². The zero-order valence-electron chi connectivity index (χ0n) is 11.7. The molecular formula is C16H18BrN2O+. The normalized spacial score (nSPS) is 10.3. The molecule has 0 spiro atoms. The predicted octanol–water partition coefficient (Wildman–Crippen LogP) is 3.25. The Balaban J connectivity index is 2.01. The van der Waals surface area contributed by atoms with E-state index in [0.29, 0.717) is 6.54 Å². The highest BCUT2D eigenvalue weighted by Gasteiger charge is 2.10. The molecule has 0 aliphatic rings. The number of nitrogens with zero attached hydrogens (tertiary/aromatic N) is 1. The van der Waals surface area contributed by atoms with Gasteiger partial charge in [0.2, 0.25) is 6.54 Å². The largest absolute Gasteiger partial charge is 0.320 e. The number of halogens is 1. The molecule has 0 saturated carbocycles. The van der Waals surface area contributed by atoms with E-state index in [0.717, 1.165) is 22.1 Å². The van der Waals surface area contributed by atoms with Crippen molar-refractivity contribution in [2.45, 2.75) is 26.8 Å². The van der Waals surface area contributed by atoms with Crippen LogP contribution in [0.2, 0.25) is 0 Å². The Kier molecular flexibility index (Phi) is 4.90. The lowest BCUT2D eigenvalue weighted by Crippen LogP contribution is -2.39. The second kappa shape index (κ2) is 6.66. The zero-order chi connectivity index (χ0) is 14.5. The molecule has 0 aliphatic carbocycles. The Morgan fingerprint density at radius 3 is 2.55 bits per heavy atom. The number of rotatable bonds is 4. The zero-order valence-corrected chi connectivity index (χ0v) is 13.3. The fourth-order valence-corrected chi connectivity index (χ4v) is 2.43. The van der Waals surface area contributed by atoms with E-state index in [1.165, 1.54) is 5.56 Å². The van der Waals surface area contributed by atoms with Crippen LogP contribution in [0.3, 0.4) is 0 Å². The molecule has 0 bridgehead atoms. The van der Waals surface area contributed by atoms with Crippen molar-refractivity contribution in [3.63, 3.8) is 0 Å². The van der Waals surface area contributed by atoms with E-state index in [1.807, 2.05) is 54.2 Å². The average Bonchev–Trinajstić information content (AvgIpc) is 2.43. The van der Waals surface area contributed by atoms with Gasteiger partial charge in [-0.15, -0.1) is 0 Å². The van der Waals surface area contributed by atoms with E-state index in [2.05, 4.69) is 28.2 Å². The number of hydrogen-bond acceptors (Lipinski definition) is 1. The van der Waals surface area contributed by atoms with Gasteiger partial charge in [0.25, 0.3) is 5.91 Å². The van der Waals surface area contributed by atoms with Crippen LogP contribution in [0.15, 0.2) is 47.2 Å². The Morgan fingerprint density at radius 1 is 1.25 bits per heavy atom. The number of amides is 1. The van der Waals surface area contributed by atoms with Gasteiger partial charge in [-0.3, -0.25) is 4.79 Å². The summed E-state index contributed by atoms with van der Waals surface area (Å²) in [5.74, 6) is -0.0235. The van der Waals surface area contributed by atoms with Crippen molar-refractivity contribution in [3.05, 3.63) is 58.3 Å². The maximum atomic E-state index is 12.0. The Morgan fingerprint density at radius 2 is 1.95 bits per heavy atom. The van der Waals surface area contributed by atoms with Crippen LogP contribution in [0, 0.1) is 6.92 Å². The van der Waals surface area contributed by atoms with Crippen molar-refractivity contribution in [1.82, 2.24) is 0 Å². The first-order valence-electron chi connectivity index (χ1n) is 6.62. The maximum Gasteiger partial charge on any atom is 0.290 e. The van der Waals surface area contributed by atoms with Crippen molar-refractivity contribution in [2.24, 2.45) is 0 Å². The van der Waals surface area contributed by atoms with Crippen LogP contribution in [-0.2, 0) is 17.8 Å². The third kappa shape index (κ3) is 3.90. The van der Waals surface area contributed by atoms with Crippen LogP contribution in [0.25, 0.3) is 0 Å². The number of hydrogen-bond donors (Lipinski definition) is 1. The molecule has 1 amide bonds. The second-order valence-corrected chi connectivity index (χ2v) is 5.66. The minimum Gasteiger partial charge on any atom is -0.320 e. The molecule has 4 heteroatoms. The summed E-state index contributed by atoms with van der Waals surface area (Å²) in [5, 5.41) is 2.93. The van der Waals surface area contributed by atoms with Crippen molar-refractivity contribution >= 4 is 27.5 Å². The molecule has 0 radical (unpaired) electrons. The third-order valence-corrected chi connectivity index (χ3v) is 3.65. The second-order valence-electron chi connectivity index (χ2n) is 4.74. The van der Waals surface area contributed by atoms with Crippen molar-refractivity contribution < 1.29 is 9.36 Å². The first-order chi connectivity index (χ1) is 9.58. The van der Waals surface area contributed by atoms with E-state index >= 15 is 0 Å². The minimum absolute atomic E-state index is 0.0235. The lowest BCUT2D eigenvalue weighted by atomic mass is 10.2. The van der Waals surface area contributed by atoms with Crippen molar-refractivity contribution in [3.8, 4) is 0 Å². The van der Waals surface area contributed by atoms with Crippen LogP contribution in [0.1, 0.15) is 18.1 Å². The van der Waals surface area contributed by atoms with E-state index in [-0.39, 0.29) is 5.91 Å². The van der Waals surface area contributed by atoms with Crippen molar-refractivity contribution in [1.29, 1.82) is 0 Å².